The number of phenolic OH excluding ortho intramolecular Hbond substituents is 1. The van der Waals surface area contributed by atoms with Crippen LogP contribution in [0.2, 0.25) is 0 Å². The Morgan fingerprint density at radius 1 is 1.54 bits per heavy atom. The third-order valence-electron chi connectivity index (χ3n) is 2.37. The highest BCUT2D eigenvalue weighted by Crippen LogP contribution is 2.36. The lowest BCUT2D eigenvalue weighted by Gasteiger charge is -2.10. The Morgan fingerprint density at radius 3 is 2.92 bits per heavy atom. The lowest BCUT2D eigenvalue weighted by molar-refractivity contribution is -0.117. The number of carbonyl (C=O) groups excluding carboxylic acids is 1. The summed E-state index contributed by atoms with van der Waals surface area (Å²) in [6.07, 6.45) is 0.284. The summed E-state index contributed by atoms with van der Waals surface area (Å²) in [7, 11) is 1.70. The van der Waals surface area contributed by atoms with E-state index >= 15 is 0 Å². The summed E-state index contributed by atoms with van der Waals surface area (Å²) in [5.74, 6) is 0.0501. The third-order valence-corrected chi connectivity index (χ3v) is 2.37. The van der Waals surface area contributed by atoms with E-state index in [-0.39, 0.29) is 18.1 Å². The molecule has 1 aliphatic rings. The van der Waals surface area contributed by atoms with E-state index in [1.165, 1.54) is 6.07 Å². The van der Waals surface area contributed by atoms with Gasteiger partial charge in [0.1, 0.15) is 5.75 Å². The molecular weight excluding hydrogens is 168 g/mol. The van der Waals surface area contributed by atoms with Crippen molar-refractivity contribution in [3.8, 4) is 5.75 Å². The fourth-order valence-electron chi connectivity index (χ4n) is 1.54. The summed E-state index contributed by atoms with van der Waals surface area (Å²) in [5.41, 5.74) is 7.47. The second-order valence-electron chi connectivity index (χ2n) is 3.13. The van der Waals surface area contributed by atoms with Crippen molar-refractivity contribution in [2.75, 3.05) is 17.7 Å². The van der Waals surface area contributed by atoms with Crippen molar-refractivity contribution in [1.82, 2.24) is 0 Å². The van der Waals surface area contributed by atoms with Gasteiger partial charge in [-0.3, -0.25) is 4.79 Å². The number of aromatic hydroxyl groups is 1. The van der Waals surface area contributed by atoms with Gasteiger partial charge in [0.15, 0.2) is 0 Å². The quantitative estimate of drug-likeness (QED) is 0.449. The lowest BCUT2D eigenvalue weighted by Crippen LogP contribution is -2.20. The van der Waals surface area contributed by atoms with Crippen LogP contribution in [0.5, 0.6) is 5.75 Å². The molecule has 0 atom stereocenters. The van der Waals surface area contributed by atoms with Crippen LogP contribution in [0.4, 0.5) is 11.4 Å². The maximum absolute atomic E-state index is 11.3. The van der Waals surface area contributed by atoms with Crippen LogP contribution in [0.25, 0.3) is 0 Å². The number of nitrogen functional groups attached to an aromatic ring is 1. The van der Waals surface area contributed by atoms with Crippen molar-refractivity contribution < 1.29 is 9.90 Å². The third kappa shape index (κ3) is 0.950. The van der Waals surface area contributed by atoms with Crippen LogP contribution in [-0.2, 0) is 11.2 Å². The summed E-state index contributed by atoms with van der Waals surface area (Å²) in [5, 5.41) is 9.30. The first kappa shape index (κ1) is 7.91. The zero-order valence-electron chi connectivity index (χ0n) is 7.24. The van der Waals surface area contributed by atoms with Gasteiger partial charge in [-0.15, -0.1) is 0 Å². The Bertz CT molecular complexity index is 387. The number of amides is 1. The van der Waals surface area contributed by atoms with Crippen LogP contribution in [0.1, 0.15) is 5.56 Å². The summed E-state index contributed by atoms with van der Waals surface area (Å²) in [6.45, 7) is 0. The fourth-order valence-corrected chi connectivity index (χ4v) is 1.54. The number of benzene rings is 1. The molecule has 0 saturated carbocycles. The molecule has 1 aliphatic heterocycles. The predicted molar refractivity (Wildman–Crippen MR) is 49.6 cm³/mol. The number of hydrogen-bond donors (Lipinski definition) is 2. The lowest BCUT2D eigenvalue weighted by atomic mass is 10.1. The Hall–Kier alpha value is -1.71. The van der Waals surface area contributed by atoms with Crippen LogP contribution in [-0.4, -0.2) is 18.1 Å². The standard InChI is InChI=1S/C9H10N2O2/c1-11-6-2-3-7(12)9(10)5(6)4-8(11)13/h2-3,12H,4,10H2,1H3. The van der Waals surface area contributed by atoms with E-state index < -0.39 is 0 Å². The second-order valence-corrected chi connectivity index (χ2v) is 3.13. The number of carbonyl (C=O) groups is 1. The molecule has 1 heterocycles. The van der Waals surface area contributed by atoms with Crippen molar-refractivity contribution in [3.63, 3.8) is 0 Å². The molecule has 0 saturated heterocycles. The minimum Gasteiger partial charge on any atom is -0.506 e. The molecule has 4 nitrogen and oxygen atoms in total. The summed E-state index contributed by atoms with van der Waals surface area (Å²) in [4.78, 5) is 12.8. The number of rotatable bonds is 0. The molecule has 0 spiro atoms. The Balaban J connectivity index is 2.64. The molecular formula is C9H10N2O2. The minimum atomic E-state index is 0.00676. The second kappa shape index (κ2) is 2.39. The van der Waals surface area contributed by atoms with E-state index in [1.54, 1.807) is 18.0 Å². The Morgan fingerprint density at radius 2 is 2.23 bits per heavy atom. The van der Waals surface area contributed by atoms with Gasteiger partial charge < -0.3 is 15.7 Å². The molecule has 1 amide bonds. The molecule has 1 aromatic carbocycles. The monoisotopic (exact) mass is 178 g/mol. The first-order valence-electron chi connectivity index (χ1n) is 3.98. The average Bonchev–Trinajstić information content (AvgIpc) is 2.38. The summed E-state index contributed by atoms with van der Waals surface area (Å²) < 4.78 is 0. The fraction of sp³-hybridized carbons (Fsp3) is 0.222. The number of nitrogens with two attached hydrogens (primary N) is 1. The van der Waals surface area contributed by atoms with Gasteiger partial charge >= 0.3 is 0 Å². The highest BCUT2D eigenvalue weighted by Gasteiger charge is 2.26. The summed E-state index contributed by atoms with van der Waals surface area (Å²) >= 11 is 0. The SMILES string of the molecule is CN1C(=O)Cc2c1ccc(O)c2N. The Labute approximate surface area is 75.6 Å². The topological polar surface area (TPSA) is 66.6 Å². The smallest absolute Gasteiger partial charge is 0.231 e. The molecule has 2 rings (SSSR count). The molecule has 0 radical (unpaired) electrons. The van der Waals surface area contributed by atoms with Gasteiger partial charge in [-0.2, -0.15) is 0 Å². The molecule has 1 aromatic rings. The van der Waals surface area contributed by atoms with Gasteiger partial charge in [0, 0.05) is 18.3 Å². The van der Waals surface area contributed by atoms with Gasteiger partial charge in [-0.05, 0) is 12.1 Å². The zero-order chi connectivity index (χ0) is 9.59. The molecule has 0 bridgehead atoms. The van der Waals surface area contributed by atoms with Gasteiger partial charge in [-0.1, -0.05) is 0 Å². The molecule has 0 aliphatic carbocycles. The van der Waals surface area contributed by atoms with Crippen molar-refractivity contribution in [2.24, 2.45) is 0 Å². The van der Waals surface area contributed by atoms with E-state index in [2.05, 4.69) is 0 Å². The van der Waals surface area contributed by atoms with Crippen molar-refractivity contribution in [3.05, 3.63) is 17.7 Å². The number of likely N-dealkylation sites (N-methyl/N-ethyl adjacent to an activating group) is 1. The number of hydrogen-bond acceptors (Lipinski definition) is 3. The highest BCUT2D eigenvalue weighted by atomic mass is 16.3. The molecule has 0 aromatic heterocycles. The molecule has 3 N–H and O–H groups in total. The van der Waals surface area contributed by atoms with E-state index in [4.69, 9.17) is 5.73 Å². The van der Waals surface area contributed by atoms with Crippen LogP contribution >= 0.6 is 0 Å². The largest absolute Gasteiger partial charge is 0.506 e. The molecule has 0 fully saturated rings. The van der Waals surface area contributed by atoms with Crippen molar-refractivity contribution >= 4 is 17.3 Å². The minimum absolute atomic E-state index is 0.00676. The number of nitrogens with zero attached hydrogens (tertiary/aromatic N) is 1. The maximum atomic E-state index is 11.3. The van der Waals surface area contributed by atoms with E-state index in [0.717, 1.165) is 11.3 Å². The number of fused-ring (bicyclic) bond motifs is 1. The van der Waals surface area contributed by atoms with Crippen LogP contribution in [0.3, 0.4) is 0 Å². The molecule has 4 heteroatoms. The van der Waals surface area contributed by atoms with E-state index in [1.807, 2.05) is 0 Å². The average molecular weight is 178 g/mol. The Kier molecular flexibility index (Phi) is 1.45. The van der Waals surface area contributed by atoms with Crippen LogP contribution in [0, 0.1) is 0 Å². The van der Waals surface area contributed by atoms with Crippen molar-refractivity contribution in [1.29, 1.82) is 0 Å². The predicted octanol–water partition coefficient (Wildman–Crippen LogP) is 0.493. The molecule has 68 valence electrons. The normalized spacial score (nSPS) is 14.8. The molecule has 0 unspecified atom stereocenters. The summed E-state index contributed by atoms with van der Waals surface area (Å²) in [6, 6.07) is 3.20. The number of phenols is 1. The van der Waals surface area contributed by atoms with Gasteiger partial charge in [0.05, 0.1) is 12.1 Å². The van der Waals surface area contributed by atoms with Crippen molar-refractivity contribution in [2.45, 2.75) is 6.42 Å². The maximum Gasteiger partial charge on any atom is 0.231 e. The van der Waals surface area contributed by atoms with Gasteiger partial charge in [-0.25, -0.2) is 0 Å². The van der Waals surface area contributed by atoms with Gasteiger partial charge in [0.2, 0.25) is 5.91 Å². The first-order chi connectivity index (χ1) is 6.11. The van der Waals surface area contributed by atoms with E-state index in [9.17, 15) is 9.90 Å². The zero-order valence-corrected chi connectivity index (χ0v) is 7.24. The molecule has 13 heavy (non-hydrogen) atoms. The number of anilines is 2. The van der Waals surface area contributed by atoms with E-state index in [0.29, 0.717) is 5.69 Å². The first-order valence-corrected chi connectivity index (χ1v) is 3.98. The van der Waals surface area contributed by atoms with Gasteiger partial charge in [0.25, 0.3) is 0 Å². The highest BCUT2D eigenvalue weighted by molar-refractivity contribution is 6.03. The van der Waals surface area contributed by atoms with Crippen LogP contribution < -0.4 is 10.6 Å². The van der Waals surface area contributed by atoms with Crippen LogP contribution in [0.15, 0.2) is 12.1 Å².